The number of esters is 1. The number of allylic oxidation sites excluding steroid dienone is 1. The van der Waals surface area contributed by atoms with Gasteiger partial charge in [-0.3, -0.25) is 9.36 Å². The number of carbonyl (C=O) groups excluding carboxylic acids is 1. The first-order chi connectivity index (χ1) is 21.1. The molecule has 0 spiro atoms. The molecule has 5 rings (SSSR count). The SMILES string of the molecule is CCOC(=O)C1=C(C)N=c2s/c(=C/c3cccc(OCc4ccc(Cl)c(Cl)c4)c3)c(=O)n2[C@H]1c1cc(OC)c(OC)cc1Br. The van der Waals surface area contributed by atoms with E-state index in [1.165, 1.54) is 30.1 Å². The summed E-state index contributed by atoms with van der Waals surface area (Å²) < 4.78 is 25.0. The van der Waals surface area contributed by atoms with E-state index in [1.54, 1.807) is 44.2 Å². The molecule has 1 atom stereocenters. The Kier molecular flexibility index (Phi) is 9.84. The van der Waals surface area contributed by atoms with Crippen LogP contribution in [0.2, 0.25) is 10.0 Å². The van der Waals surface area contributed by atoms with Crippen LogP contribution >= 0.6 is 50.5 Å². The van der Waals surface area contributed by atoms with E-state index in [1.807, 2.05) is 30.3 Å². The summed E-state index contributed by atoms with van der Waals surface area (Å²) in [6.45, 7) is 3.93. The van der Waals surface area contributed by atoms with Crippen molar-refractivity contribution in [3.63, 3.8) is 0 Å². The Morgan fingerprint density at radius 2 is 1.82 bits per heavy atom. The van der Waals surface area contributed by atoms with Crippen LogP contribution in [0, 0.1) is 0 Å². The summed E-state index contributed by atoms with van der Waals surface area (Å²) >= 11 is 17.0. The number of hydrogen-bond donors (Lipinski definition) is 0. The molecule has 1 aliphatic rings. The molecule has 12 heteroatoms. The second-order valence-corrected chi connectivity index (χ2v) is 12.3. The smallest absolute Gasteiger partial charge is 0.338 e. The van der Waals surface area contributed by atoms with Gasteiger partial charge in [-0.05, 0) is 73.0 Å². The zero-order valence-corrected chi connectivity index (χ0v) is 28.1. The van der Waals surface area contributed by atoms with Crippen LogP contribution in [-0.2, 0) is 16.1 Å². The van der Waals surface area contributed by atoms with Crippen molar-refractivity contribution in [2.45, 2.75) is 26.5 Å². The molecular weight excluding hydrogens is 691 g/mol. The first kappa shape index (κ1) is 31.8. The van der Waals surface area contributed by atoms with Crippen molar-refractivity contribution in [2.24, 2.45) is 4.99 Å². The van der Waals surface area contributed by atoms with Crippen LogP contribution < -0.4 is 29.1 Å². The molecule has 0 saturated heterocycles. The minimum atomic E-state index is -0.831. The average molecular weight is 718 g/mol. The molecule has 0 unspecified atom stereocenters. The molecule has 1 aliphatic heterocycles. The monoisotopic (exact) mass is 716 g/mol. The molecule has 3 aromatic carbocycles. The Bertz CT molecular complexity index is 1970. The maximum atomic E-state index is 14.1. The standard InChI is InChI=1S/C32H27BrCl2N2O6S/c1-5-42-31(39)28-17(2)36-32-37(29(28)21-14-25(40-3)26(41-4)15-22(21)33)30(38)27(44-32)13-18-7-6-8-20(11-18)43-16-19-9-10-23(34)24(35)12-19/h6-15,29H,5,16H2,1-4H3/b27-13+/t29-/m0/s1. The van der Waals surface area contributed by atoms with Gasteiger partial charge in [0.15, 0.2) is 16.3 Å². The zero-order chi connectivity index (χ0) is 31.5. The van der Waals surface area contributed by atoms with Gasteiger partial charge >= 0.3 is 5.97 Å². The van der Waals surface area contributed by atoms with Crippen molar-refractivity contribution in [2.75, 3.05) is 20.8 Å². The lowest BCUT2D eigenvalue weighted by Gasteiger charge is -2.26. The number of hydrogen-bond acceptors (Lipinski definition) is 8. The van der Waals surface area contributed by atoms with Crippen molar-refractivity contribution >= 4 is 62.5 Å². The lowest BCUT2D eigenvalue weighted by molar-refractivity contribution is -0.139. The molecule has 1 aromatic heterocycles. The van der Waals surface area contributed by atoms with Gasteiger partial charge in [0.2, 0.25) is 0 Å². The fraction of sp³-hybridized carbons (Fsp3) is 0.219. The Labute approximate surface area is 275 Å². The summed E-state index contributed by atoms with van der Waals surface area (Å²) in [5.41, 5.74) is 2.65. The third-order valence-corrected chi connectivity index (χ3v) is 9.27. The van der Waals surface area contributed by atoms with E-state index in [2.05, 4.69) is 20.9 Å². The number of halogens is 3. The maximum absolute atomic E-state index is 14.1. The lowest BCUT2D eigenvalue weighted by Crippen LogP contribution is -2.40. The van der Waals surface area contributed by atoms with Gasteiger partial charge in [-0.15, -0.1) is 0 Å². The number of nitrogens with zero attached hydrogens (tertiary/aromatic N) is 2. The Hall–Kier alpha value is -3.57. The maximum Gasteiger partial charge on any atom is 0.338 e. The minimum Gasteiger partial charge on any atom is -0.493 e. The number of aromatic nitrogens is 1. The molecule has 0 bridgehead atoms. The summed E-state index contributed by atoms with van der Waals surface area (Å²) in [6, 6.07) is 15.4. The summed E-state index contributed by atoms with van der Waals surface area (Å²) in [5, 5.41) is 0.931. The van der Waals surface area contributed by atoms with Crippen LogP contribution in [0.15, 0.2) is 80.1 Å². The molecule has 2 heterocycles. The van der Waals surface area contributed by atoms with Crippen molar-refractivity contribution < 1.29 is 23.7 Å². The van der Waals surface area contributed by atoms with Gasteiger partial charge in [0.1, 0.15) is 12.4 Å². The van der Waals surface area contributed by atoms with Gasteiger partial charge in [0, 0.05) is 4.47 Å². The molecule has 4 aromatic rings. The number of methoxy groups -OCH3 is 2. The van der Waals surface area contributed by atoms with E-state index in [-0.39, 0.29) is 17.7 Å². The van der Waals surface area contributed by atoms with Gasteiger partial charge in [0.25, 0.3) is 5.56 Å². The first-order valence-electron chi connectivity index (χ1n) is 13.4. The normalized spacial score (nSPS) is 14.6. The predicted octanol–water partition coefficient (Wildman–Crippen LogP) is 6.46. The van der Waals surface area contributed by atoms with Gasteiger partial charge in [-0.1, -0.05) is 68.7 Å². The van der Waals surface area contributed by atoms with Crippen LogP contribution in [0.5, 0.6) is 17.2 Å². The van der Waals surface area contributed by atoms with Crippen LogP contribution in [0.4, 0.5) is 0 Å². The highest BCUT2D eigenvalue weighted by Crippen LogP contribution is 2.40. The van der Waals surface area contributed by atoms with E-state index in [9.17, 15) is 9.59 Å². The van der Waals surface area contributed by atoms with E-state index in [0.717, 1.165) is 11.1 Å². The molecule has 0 aliphatic carbocycles. The lowest BCUT2D eigenvalue weighted by atomic mass is 9.95. The van der Waals surface area contributed by atoms with Crippen molar-refractivity contribution in [3.05, 3.63) is 117 Å². The number of benzene rings is 3. The molecule has 0 N–H and O–H groups in total. The van der Waals surface area contributed by atoms with Crippen LogP contribution in [0.1, 0.15) is 36.6 Å². The van der Waals surface area contributed by atoms with Crippen molar-refractivity contribution in [1.82, 2.24) is 4.57 Å². The molecule has 228 valence electrons. The highest BCUT2D eigenvalue weighted by Gasteiger charge is 2.35. The summed E-state index contributed by atoms with van der Waals surface area (Å²) in [4.78, 5) is 32.4. The summed E-state index contributed by atoms with van der Waals surface area (Å²) in [5.74, 6) is 1.00. The molecule has 8 nitrogen and oxygen atoms in total. The van der Waals surface area contributed by atoms with Crippen LogP contribution in [0.25, 0.3) is 6.08 Å². The Morgan fingerprint density at radius 3 is 2.52 bits per heavy atom. The molecule has 0 radical (unpaired) electrons. The van der Waals surface area contributed by atoms with E-state index < -0.39 is 12.0 Å². The topological polar surface area (TPSA) is 88.4 Å². The second kappa shape index (κ2) is 13.6. The predicted molar refractivity (Wildman–Crippen MR) is 175 cm³/mol. The van der Waals surface area contributed by atoms with E-state index in [4.69, 9.17) is 42.1 Å². The molecule has 44 heavy (non-hydrogen) atoms. The van der Waals surface area contributed by atoms with Crippen molar-refractivity contribution in [1.29, 1.82) is 0 Å². The van der Waals surface area contributed by atoms with Gasteiger partial charge in [-0.2, -0.15) is 0 Å². The molecule has 0 amide bonds. The minimum absolute atomic E-state index is 0.170. The number of ether oxygens (including phenoxy) is 4. The quantitative estimate of drug-likeness (QED) is 0.185. The highest BCUT2D eigenvalue weighted by molar-refractivity contribution is 9.10. The summed E-state index contributed by atoms with van der Waals surface area (Å²) in [7, 11) is 3.06. The molecule has 0 saturated carbocycles. The number of thiazole rings is 1. The number of carbonyl (C=O) groups is 1. The van der Waals surface area contributed by atoms with E-state index in [0.29, 0.717) is 59.0 Å². The number of fused-ring (bicyclic) bond motifs is 1. The largest absolute Gasteiger partial charge is 0.493 e. The van der Waals surface area contributed by atoms with Gasteiger partial charge < -0.3 is 18.9 Å². The van der Waals surface area contributed by atoms with E-state index >= 15 is 0 Å². The third-order valence-electron chi connectivity index (χ3n) is 6.86. The second-order valence-electron chi connectivity index (χ2n) is 9.64. The van der Waals surface area contributed by atoms with Crippen LogP contribution in [0.3, 0.4) is 0 Å². The third kappa shape index (κ3) is 6.44. The van der Waals surface area contributed by atoms with Crippen LogP contribution in [-0.4, -0.2) is 31.4 Å². The van der Waals surface area contributed by atoms with Gasteiger partial charge in [0.05, 0.1) is 52.7 Å². The average Bonchev–Trinajstić information content (AvgIpc) is 3.30. The Balaban J connectivity index is 1.58. The van der Waals surface area contributed by atoms with Crippen molar-refractivity contribution in [3.8, 4) is 17.2 Å². The first-order valence-corrected chi connectivity index (χ1v) is 15.8. The summed E-state index contributed by atoms with van der Waals surface area (Å²) in [6.07, 6.45) is 1.78. The Morgan fingerprint density at radius 1 is 1.07 bits per heavy atom. The fourth-order valence-corrected chi connectivity index (χ4v) is 6.71. The van der Waals surface area contributed by atoms with Gasteiger partial charge in [-0.25, -0.2) is 9.79 Å². The molecular formula is C32H27BrCl2N2O6S. The fourth-order valence-electron chi connectivity index (χ4n) is 4.81. The molecule has 0 fully saturated rings. The highest BCUT2D eigenvalue weighted by atomic mass is 79.9. The number of rotatable bonds is 9. The zero-order valence-electron chi connectivity index (χ0n) is 24.2.